The normalized spacial score (nSPS) is 15.9. The van der Waals surface area contributed by atoms with Crippen molar-refractivity contribution in [2.75, 3.05) is 0 Å². The van der Waals surface area contributed by atoms with Crippen LogP contribution in [0.1, 0.15) is 26.3 Å². The van der Waals surface area contributed by atoms with E-state index in [2.05, 4.69) is 51.9 Å². The number of hydrogen-bond acceptors (Lipinski definition) is 4. The van der Waals surface area contributed by atoms with Crippen molar-refractivity contribution in [2.45, 2.75) is 82.6 Å². The van der Waals surface area contributed by atoms with Crippen molar-refractivity contribution in [1.29, 1.82) is 0 Å². The Hall–Kier alpha value is -0.886. The number of benzene rings is 1. The molecule has 0 radical (unpaired) electrons. The van der Waals surface area contributed by atoms with Crippen LogP contribution in [-0.4, -0.2) is 42.1 Å². The lowest BCUT2D eigenvalue weighted by molar-refractivity contribution is 0.0935. The van der Waals surface area contributed by atoms with E-state index in [4.69, 9.17) is 16.0 Å². The number of aliphatic hydroxyl groups is 1. The SMILES string of the molecule is Cc1ccc(S(=O)(=O)/C(Cl)=C/[C@@H](O[Si](C)(C)C(C)(C)C)[C@H](O)C#C[Si](C)(C)C)cc1. The third kappa shape index (κ3) is 7.67. The maximum Gasteiger partial charge on any atom is 0.217 e. The van der Waals surface area contributed by atoms with Gasteiger partial charge in [0.1, 0.15) is 24.6 Å². The first-order chi connectivity index (χ1) is 13.4. The molecule has 30 heavy (non-hydrogen) atoms. The molecule has 2 atom stereocenters. The monoisotopic (exact) mass is 486 g/mol. The van der Waals surface area contributed by atoms with E-state index < -0.39 is 38.4 Å². The summed E-state index contributed by atoms with van der Waals surface area (Å²) in [5, 5.41) is 10.6. The van der Waals surface area contributed by atoms with E-state index in [1.807, 2.05) is 20.0 Å². The summed E-state index contributed by atoms with van der Waals surface area (Å²) in [4.78, 5) is 0.100. The standard InChI is InChI=1S/C22H35ClO4SSi2/c1-17-10-12-18(13-11-17)28(25,26)21(23)16-20(19(24)14-15-29(5,6)7)27-30(8,9)22(2,3)4/h10-13,16,19-20,24H,1-9H3/b21-16+/t19-,20-/m1/s1. The maximum atomic E-state index is 12.9. The molecule has 4 nitrogen and oxygen atoms in total. The third-order valence-corrected chi connectivity index (χ3v) is 12.7. The molecule has 8 heteroatoms. The van der Waals surface area contributed by atoms with Gasteiger partial charge in [0.25, 0.3) is 0 Å². The number of rotatable bonds is 6. The van der Waals surface area contributed by atoms with E-state index in [0.717, 1.165) is 5.56 Å². The fraction of sp³-hybridized carbons (Fsp3) is 0.545. The van der Waals surface area contributed by atoms with Crippen LogP contribution >= 0.6 is 11.6 Å². The lowest BCUT2D eigenvalue weighted by atomic mass is 10.2. The minimum absolute atomic E-state index is 0.100. The molecule has 1 aromatic carbocycles. The van der Waals surface area contributed by atoms with Crippen molar-refractivity contribution in [2.24, 2.45) is 0 Å². The minimum atomic E-state index is -3.91. The van der Waals surface area contributed by atoms with Gasteiger partial charge in [-0.05, 0) is 43.3 Å². The zero-order valence-corrected chi connectivity index (χ0v) is 23.1. The van der Waals surface area contributed by atoms with Crippen molar-refractivity contribution in [3.63, 3.8) is 0 Å². The number of aryl methyl sites for hydroxylation is 1. The van der Waals surface area contributed by atoms with Crippen LogP contribution in [0, 0.1) is 18.4 Å². The summed E-state index contributed by atoms with van der Waals surface area (Å²) in [5.41, 5.74) is 4.08. The topological polar surface area (TPSA) is 63.6 Å². The molecule has 1 aromatic rings. The van der Waals surface area contributed by atoms with Crippen LogP contribution in [0.15, 0.2) is 39.6 Å². The molecule has 168 valence electrons. The molecule has 0 spiro atoms. The van der Waals surface area contributed by atoms with Crippen LogP contribution in [0.25, 0.3) is 0 Å². The Morgan fingerprint density at radius 1 is 1.13 bits per heavy atom. The number of halogens is 1. The first kappa shape index (κ1) is 27.1. The van der Waals surface area contributed by atoms with Crippen LogP contribution in [-0.2, 0) is 14.3 Å². The van der Waals surface area contributed by atoms with Gasteiger partial charge in [0.2, 0.25) is 9.84 Å². The molecule has 0 aliphatic carbocycles. The van der Waals surface area contributed by atoms with Gasteiger partial charge < -0.3 is 9.53 Å². The molecule has 0 saturated carbocycles. The highest BCUT2D eigenvalue weighted by Gasteiger charge is 2.40. The summed E-state index contributed by atoms with van der Waals surface area (Å²) in [5.74, 6) is 2.87. The van der Waals surface area contributed by atoms with E-state index in [-0.39, 0.29) is 14.3 Å². The molecule has 0 bridgehead atoms. The highest BCUT2D eigenvalue weighted by molar-refractivity contribution is 7.96. The molecule has 0 aliphatic rings. The van der Waals surface area contributed by atoms with Crippen molar-refractivity contribution >= 4 is 37.8 Å². The molecule has 0 heterocycles. The van der Waals surface area contributed by atoms with E-state index in [1.165, 1.54) is 18.2 Å². The second-order valence-electron chi connectivity index (χ2n) is 10.1. The van der Waals surface area contributed by atoms with Gasteiger partial charge in [-0.3, -0.25) is 0 Å². The van der Waals surface area contributed by atoms with E-state index >= 15 is 0 Å². The lowest BCUT2D eigenvalue weighted by Crippen LogP contribution is -2.46. The third-order valence-electron chi connectivity index (χ3n) is 5.03. The summed E-state index contributed by atoms with van der Waals surface area (Å²) in [6, 6.07) is 6.47. The maximum absolute atomic E-state index is 12.9. The second-order valence-corrected chi connectivity index (χ2v) is 22.1. The van der Waals surface area contributed by atoms with Gasteiger partial charge in [-0.1, -0.05) is 75.6 Å². The van der Waals surface area contributed by atoms with Gasteiger partial charge in [-0.2, -0.15) is 0 Å². The molecule has 0 saturated heterocycles. The lowest BCUT2D eigenvalue weighted by Gasteiger charge is -2.39. The summed E-state index contributed by atoms with van der Waals surface area (Å²) in [7, 11) is -7.97. The van der Waals surface area contributed by atoms with Gasteiger partial charge in [-0.15, -0.1) is 5.54 Å². The van der Waals surface area contributed by atoms with Gasteiger partial charge in [-0.25, -0.2) is 8.42 Å². The average Bonchev–Trinajstić information content (AvgIpc) is 2.57. The van der Waals surface area contributed by atoms with Crippen molar-refractivity contribution in [3.05, 3.63) is 40.3 Å². The van der Waals surface area contributed by atoms with E-state index in [9.17, 15) is 13.5 Å². The largest absolute Gasteiger partial charge is 0.407 e. The Kier molecular flexibility index (Phi) is 8.80. The van der Waals surface area contributed by atoms with Gasteiger partial charge in [0, 0.05) is 0 Å². The van der Waals surface area contributed by atoms with Crippen LogP contribution in [0.5, 0.6) is 0 Å². The predicted molar refractivity (Wildman–Crippen MR) is 131 cm³/mol. The smallest absolute Gasteiger partial charge is 0.217 e. The number of aliphatic hydroxyl groups excluding tert-OH is 1. The number of hydrogen-bond donors (Lipinski definition) is 1. The Bertz CT molecular complexity index is 929. The van der Waals surface area contributed by atoms with E-state index in [0.29, 0.717) is 0 Å². The molecule has 1 N–H and O–H groups in total. The highest BCUT2D eigenvalue weighted by Crippen LogP contribution is 2.38. The Labute approximate surface area is 189 Å². The van der Waals surface area contributed by atoms with Crippen molar-refractivity contribution in [1.82, 2.24) is 0 Å². The summed E-state index contributed by atoms with van der Waals surface area (Å²) < 4.78 is 31.8. The van der Waals surface area contributed by atoms with Crippen LogP contribution in [0.4, 0.5) is 0 Å². The molecular weight excluding hydrogens is 452 g/mol. The van der Waals surface area contributed by atoms with Crippen molar-refractivity contribution in [3.8, 4) is 11.5 Å². The van der Waals surface area contributed by atoms with Crippen molar-refractivity contribution < 1.29 is 18.0 Å². The summed E-state index contributed by atoms with van der Waals surface area (Å²) in [6.45, 7) is 18.4. The fourth-order valence-corrected chi connectivity index (χ4v) is 5.36. The summed E-state index contributed by atoms with van der Waals surface area (Å²) >= 11 is 6.28. The first-order valence-corrected chi connectivity index (χ1v) is 18.2. The average molecular weight is 487 g/mol. The van der Waals surface area contributed by atoms with Gasteiger partial charge in [0.15, 0.2) is 8.32 Å². The quantitative estimate of drug-likeness (QED) is 0.427. The molecule has 0 unspecified atom stereocenters. The van der Waals surface area contributed by atoms with Crippen LogP contribution in [0.3, 0.4) is 0 Å². The first-order valence-electron chi connectivity index (χ1n) is 9.94. The minimum Gasteiger partial charge on any atom is -0.407 e. The Balaban J connectivity index is 3.41. The van der Waals surface area contributed by atoms with Crippen LogP contribution < -0.4 is 0 Å². The highest BCUT2D eigenvalue weighted by atomic mass is 35.5. The summed E-state index contributed by atoms with van der Waals surface area (Å²) in [6.07, 6.45) is -0.823. The molecule has 1 rings (SSSR count). The zero-order valence-electron chi connectivity index (χ0n) is 19.5. The van der Waals surface area contributed by atoms with E-state index in [1.54, 1.807) is 12.1 Å². The molecule has 0 fully saturated rings. The molecule has 0 aliphatic heterocycles. The fourth-order valence-electron chi connectivity index (χ4n) is 2.13. The predicted octanol–water partition coefficient (Wildman–Crippen LogP) is 5.48. The zero-order chi connectivity index (χ0) is 23.5. The molecular formula is C22H35ClO4SSi2. The molecule has 0 amide bonds. The van der Waals surface area contributed by atoms with Gasteiger partial charge in [0.05, 0.1) is 4.90 Å². The number of sulfone groups is 1. The molecule has 0 aromatic heterocycles. The Morgan fingerprint density at radius 3 is 2.07 bits per heavy atom. The Morgan fingerprint density at radius 2 is 1.63 bits per heavy atom. The van der Waals surface area contributed by atoms with Crippen LogP contribution in [0.2, 0.25) is 37.8 Å². The second kappa shape index (κ2) is 9.72. The van der Waals surface area contributed by atoms with Gasteiger partial charge >= 0.3 is 0 Å².